The van der Waals surface area contributed by atoms with Crippen LogP contribution >= 0.6 is 0 Å². The van der Waals surface area contributed by atoms with Crippen molar-refractivity contribution in [3.63, 3.8) is 0 Å². The second kappa shape index (κ2) is 6.80. The van der Waals surface area contributed by atoms with Gasteiger partial charge in [0.1, 0.15) is 0 Å². The van der Waals surface area contributed by atoms with Gasteiger partial charge in [-0.15, -0.1) is 0 Å². The van der Waals surface area contributed by atoms with E-state index in [1.165, 1.54) is 0 Å². The molecule has 0 heterocycles. The van der Waals surface area contributed by atoms with Crippen molar-refractivity contribution in [3.05, 3.63) is 0 Å². The third-order valence-corrected chi connectivity index (χ3v) is 3.09. The third-order valence-electron chi connectivity index (χ3n) is 3.09. The van der Waals surface area contributed by atoms with Gasteiger partial charge in [-0.1, -0.05) is 20.8 Å². The van der Waals surface area contributed by atoms with E-state index in [-0.39, 0.29) is 18.4 Å². The lowest BCUT2D eigenvalue weighted by Gasteiger charge is -2.32. The van der Waals surface area contributed by atoms with Gasteiger partial charge in [0.15, 0.2) is 0 Å². The molecule has 15 heavy (non-hydrogen) atoms. The SMILES string of the molecule is CCC(CC)(CO)NC(=O)C(C)CCN. The highest BCUT2D eigenvalue weighted by molar-refractivity contribution is 5.79. The van der Waals surface area contributed by atoms with Gasteiger partial charge in [0.2, 0.25) is 5.91 Å². The lowest BCUT2D eigenvalue weighted by molar-refractivity contribution is -0.127. The van der Waals surface area contributed by atoms with Gasteiger partial charge in [-0.3, -0.25) is 4.79 Å². The van der Waals surface area contributed by atoms with Crippen LogP contribution in [0.3, 0.4) is 0 Å². The maximum Gasteiger partial charge on any atom is 0.223 e. The Morgan fingerprint density at radius 3 is 2.33 bits per heavy atom. The van der Waals surface area contributed by atoms with Crippen LogP contribution in [0.15, 0.2) is 0 Å². The fraction of sp³-hybridized carbons (Fsp3) is 0.909. The molecule has 0 aromatic carbocycles. The second-order valence-corrected chi connectivity index (χ2v) is 4.11. The number of hydrogen-bond acceptors (Lipinski definition) is 3. The average molecular weight is 216 g/mol. The van der Waals surface area contributed by atoms with Crippen LogP contribution in [0.25, 0.3) is 0 Å². The molecular formula is C11H24N2O2. The molecule has 1 atom stereocenters. The molecule has 90 valence electrons. The number of rotatable bonds is 7. The van der Waals surface area contributed by atoms with Crippen LogP contribution in [-0.4, -0.2) is 29.7 Å². The molecule has 0 spiro atoms. The van der Waals surface area contributed by atoms with E-state index in [0.717, 1.165) is 12.8 Å². The molecule has 0 aromatic heterocycles. The maximum absolute atomic E-state index is 11.7. The Morgan fingerprint density at radius 1 is 1.47 bits per heavy atom. The third kappa shape index (κ3) is 4.18. The monoisotopic (exact) mass is 216 g/mol. The molecule has 0 bridgehead atoms. The van der Waals surface area contributed by atoms with Crippen LogP contribution < -0.4 is 11.1 Å². The van der Waals surface area contributed by atoms with Crippen molar-refractivity contribution in [2.45, 2.75) is 45.6 Å². The molecule has 0 aliphatic heterocycles. The number of nitrogens with two attached hydrogens (primary N) is 1. The summed E-state index contributed by atoms with van der Waals surface area (Å²) in [7, 11) is 0. The normalized spacial score (nSPS) is 13.7. The van der Waals surface area contributed by atoms with Gasteiger partial charge in [0.05, 0.1) is 12.1 Å². The van der Waals surface area contributed by atoms with Crippen LogP contribution in [0, 0.1) is 5.92 Å². The highest BCUT2D eigenvalue weighted by Gasteiger charge is 2.28. The van der Waals surface area contributed by atoms with E-state index in [4.69, 9.17) is 5.73 Å². The molecule has 0 radical (unpaired) electrons. The van der Waals surface area contributed by atoms with Gasteiger partial charge < -0.3 is 16.2 Å². The lowest BCUT2D eigenvalue weighted by Crippen LogP contribution is -2.52. The molecule has 0 aromatic rings. The molecule has 4 N–H and O–H groups in total. The van der Waals surface area contributed by atoms with E-state index >= 15 is 0 Å². The van der Waals surface area contributed by atoms with Gasteiger partial charge in [-0.2, -0.15) is 0 Å². The van der Waals surface area contributed by atoms with E-state index in [1.807, 2.05) is 20.8 Å². The van der Waals surface area contributed by atoms with Crippen LogP contribution in [0.1, 0.15) is 40.0 Å². The first-order valence-corrected chi connectivity index (χ1v) is 5.68. The molecule has 0 aliphatic rings. The van der Waals surface area contributed by atoms with Crippen molar-refractivity contribution in [2.24, 2.45) is 11.7 Å². The van der Waals surface area contributed by atoms with Crippen LogP contribution in [0.2, 0.25) is 0 Å². The molecule has 1 amide bonds. The van der Waals surface area contributed by atoms with Crippen molar-refractivity contribution in [2.75, 3.05) is 13.2 Å². The maximum atomic E-state index is 11.7. The Bertz CT molecular complexity index is 183. The summed E-state index contributed by atoms with van der Waals surface area (Å²) in [5, 5.41) is 12.2. The first kappa shape index (κ1) is 14.4. The van der Waals surface area contributed by atoms with Crippen LogP contribution in [0.4, 0.5) is 0 Å². The van der Waals surface area contributed by atoms with Crippen LogP contribution in [-0.2, 0) is 4.79 Å². The number of nitrogens with one attached hydrogen (secondary N) is 1. The molecular weight excluding hydrogens is 192 g/mol. The summed E-state index contributed by atoms with van der Waals surface area (Å²) in [5.74, 6) is -0.0998. The summed E-state index contributed by atoms with van der Waals surface area (Å²) in [6, 6.07) is 0. The highest BCUT2D eigenvalue weighted by atomic mass is 16.3. The highest BCUT2D eigenvalue weighted by Crippen LogP contribution is 2.15. The molecule has 4 nitrogen and oxygen atoms in total. The van der Waals surface area contributed by atoms with E-state index in [2.05, 4.69) is 5.32 Å². The Kier molecular flexibility index (Phi) is 6.52. The molecule has 4 heteroatoms. The largest absolute Gasteiger partial charge is 0.394 e. The first-order chi connectivity index (χ1) is 7.05. The standard InChI is InChI=1S/C11H24N2O2/c1-4-11(5-2,8-14)13-10(15)9(3)6-7-12/h9,14H,4-8,12H2,1-3H3,(H,13,15). The number of carbonyl (C=O) groups is 1. The zero-order valence-electron chi connectivity index (χ0n) is 10.0. The predicted octanol–water partition coefficient (Wildman–Crippen LogP) is 0.639. The van der Waals surface area contributed by atoms with Crippen LogP contribution in [0.5, 0.6) is 0 Å². The number of amides is 1. The number of carbonyl (C=O) groups excluding carboxylic acids is 1. The summed E-state index contributed by atoms with van der Waals surface area (Å²) in [4.78, 5) is 11.7. The minimum atomic E-state index is -0.458. The van der Waals surface area contributed by atoms with Crippen molar-refractivity contribution in [3.8, 4) is 0 Å². The minimum absolute atomic E-state index is 0.0128. The zero-order chi connectivity index (χ0) is 11.9. The molecule has 0 saturated heterocycles. The number of aliphatic hydroxyl groups excluding tert-OH is 1. The average Bonchev–Trinajstić information content (AvgIpc) is 2.26. The first-order valence-electron chi connectivity index (χ1n) is 5.68. The van der Waals surface area contributed by atoms with Crippen molar-refractivity contribution >= 4 is 5.91 Å². The van der Waals surface area contributed by atoms with Gasteiger partial charge in [0, 0.05) is 5.92 Å². The quantitative estimate of drug-likeness (QED) is 0.584. The second-order valence-electron chi connectivity index (χ2n) is 4.11. The molecule has 1 unspecified atom stereocenters. The summed E-state index contributed by atoms with van der Waals surface area (Å²) in [6.07, 6.45) is 2.16. The zero-order valence-corrected chi connectivity index (χ0v) is 10.0. The minimum Gasteiger partial charge on any atom is -0.394 e. The molecule has 0 rings (SSSR count). The van der Waals surface area contributed by atoms with E-state index < -0.39 is 5.54 Å². The molecule has 0 saturated carbocycles. The fourth-order valence-corrected chi connectivity index (χ4v) is 1.46. The fourth-order valence-electron chi connectivity index (χ4n) is 1.46. The number of aliphatic hydroxyl groups is 1. The smallest absolute Gasteiger partial charge is 0.223 e. The summed E-state index contributed by atoms with van der Waals surface area (Å²) < 4.78 is 0. The lowest BCUT2D eigenvalue weighted by atomic mass is 9.92. The van der Waals surface area contributed by atoms with E-state index in [0.29, 0.717) is 13.0 Å². The molecule has 0 aliphatic carbocycles. The summed E-state index contributed by atoms with van der Waals surface area (Å²) >= 11 is 0. The Balaban J connectivity index is 4.34. The predicted molar refractivity (Wildman–Crippen MR) is 61.4 cm³/mol. The summed E-state index contributed by atoms with van der Waals surface area (Å²) in [6.45, 7) is 6.29. The van der Waals surface area contributed by atoms with Crippen molar-refractivity contribution in [1.82, 2.24) is 5.32 Å². The Labute approximate surface area is 92.2 Å². The van der Waals surface area contributed by atoms with Crippen molar-refractivity contribution < 1.29 is 9.90 Å². The van der Waals surface area contributed by atoms with Gasteiger partial charge in [0.25, 0.3) is 0 Å². The Morgan fingerprint density at radius 2 is 2.00 bits per heavy atom. The van der Waals surface area contributed by atoms with Gasteiger partial charge >= 0.3 is 0 Å². The molecule has 0 fully saturated rings. The topological polar surface area (TPSA) is 75.3 Å². The van der Waals surface area contributed by atoms with E-state index in [9.17, 15) is 9.90 Å². The summed E-state index contributed by atoms with van der Waals surface area (Å²) in [5.41, 5.74) is 4.94. The van der Waals surface area contributed by atoms with Crippen molar-refractivity contribution in [1.29, 1.82) is 0 Å². The Hall–Kier alpha value is -0.610. The van der Waals surface area contributed by atoms with Gasteiger partial charge in [-0.05, 0) is 25.8 Å². The number of hydrogen-bond donors (Lipinski definition) is 3. The van der Waals surface area contributed by atoms with E-state index in [1.54, 1.807) is 0 Å². The van der Waals surface area contributed by atoms with Gasteiger partial charge in [-0.25, -0.2) is 0 Å².